The van der Waals surface area contributed by atoms with Crippen molar-refractivity contribution in [3.8, 4) is 0 Å². The Morgan fingerprint density at radius 2 is 2.10 bits per heavy atom. The average molecular weight is 294 g/mol. The van der Waals surface area contributed by atoms with Gasteiger partial charge >= 0.3 is 12.0 Å². The van der Waals surface area contributed by atoms with Crippen molar-refractivity contribution in [3.05, 3.63) is 35.4 Å². The van der Waals surface area contributed by atoms with E-state index in [4.69, 9.17) is 5.11 Å². The van der Waals surface area contributed by atoms with Crippen molar-refractivity contribution in [2.45, 2.75) is 25.9 Å². The third-order valence-electron chi connectivity index (χ3n) is 3.36. The summed E-state index contributed by atoms with van der Waals surface area (Å²) in [5, 5.41) is 11.9. The Kier molecular flexibility index (Phi) is 4.89. The van der Waals surface area contributed by atoms with Crippen LogP contribution in [0.3, 0.4) is 0 Å². The summed E-state index contributed by atoms with van der Waals surface area (Å²) >= 11 is 1.46. The van der Waals surface area contributed by atoms with E-state index in [-0.39, 0.29) is 6.03 Å². The zero-order valence-corrected chi connectivity index (χ0v) is 12.2. The molecule has 6 heteroatoms. The van der Waals surface area contributed by atoms with Gasteiger partial charge in [0.05, 0.1) is 5.88 Å². The largest absolute Gasteiger partial charge is 0.480 e. The van der Waals surface area contributed by atoms with E-state index in [1.54, 1.807) is 0 Å². The Hall–Kier alpha value is -1.69. The van der Waals surface area contributed by atoms with Crippen molar-refractivity contribution in [3.63, 3.8) is 0 Å². The summed E-state index contributed by atoms with van der Waals surface area (Å²) in [4.78, 5) is 24.5. The Bertz CT molecular complexity index is 507. The highest BCUT2D eigenvalue weighted by molar-refractivity contribution is 7.99. The fourth-order valence-corrected chi connectivity index (χ4v) is 3.34. The van der Waals surface area contributed by atoms with Crippen LogP contribution in [0, 0.1) is 0 Å². The minimum atomic E-state index is -0.945. The number of hydrogen-bond acceptors (Lipinski definition) is 3. The number of thioether (sulfide) groups is 1. The number of benzene rings is 1. The second-order valence-electron chi connectivity index (χ2n) is 4.60. The van der Waals surface area contributed by atoms with Gasteiger partial charge in [0.25, 0.3) is 0 Å². The Morgan fingerprint density at radius 1 is 1.40 bits per heavy atom. The van der Waals surface area contributed by atoms with Crippen LogP contribution in [0.1, 0.15) is 18.1 Å². The van der Waals surface area contributed by atoms with Gasteiger partial charge in [-0.15, -0.1) is 11.8 Å². The van der Waals surface area contributed by atoms with E-state index in [9.17, 15) is 9.59 Å². The molecule has 0 aromatic heterocycles. The molecule has 108 valence electrons. The van der Waals surface area contributed by atoms with E-state index in [0.29, 0.717) is 18.2 Å². The minimum absolute atomic E-state index is 0.312. The molecule has 1 aliphatic heterocycles. The fraction of sp³-hybridized carbons (Fsp3) is 0.429. The molecular formula is C14H18N2O3S. The van der Waals surface area contributed by atoms with Crippen molar-refractivity contribution in [2.75, 3.05) is 11.6 Å². The van der Waals surface area contributed by atoms with Gasteiger partial charge in [0.15, 0.2) is 0 Å². The molecular weight excluding hydrogens is 276 g/mol. The molecule has 1 heterocycles. The van der Waals surface area contributed by atoms with Crippen molar-refractivity contribution >= 4 is 23.8 Å². The quantitative estimate of drug-likeness (QED) is 0.890. The highest BCUT2D eigenvalue weighted by atomic mass is 32.2. The number of carbonyl (C=O) groups is 2. The van der Waals surface area contributed by atoms with Crippen molar-refractivity contribution in [1.29, 1.82) is 0 Å². The summed E-state index contributed by atoms with van der Waals surface area (Å²) in [7, 11) is 0. The molecule has 0 radical (unpaired) electrons. The maximum Gasteiger partial charge on any atom is 0.327 e. The zero-order valence-electron chi connectivity index (χ0n) is 11.3. The van der Waals surface area contributed by atoms with Crippen LogP contribution in [-0.2, 0) is 17.8 Å². The molecule has 1 atom stereocenters. The lowest BCUT2D eigenvalue weighted by atomic mass is 10.1. The van der Waals surface area contributed by atoms with Crippen LogP contribution in [0.25, 0.3) is 0 Å². The lowest BCUT2D eigenvalue weighted by Crippen LogP contribution is -2.46. The van der Waals surface area contributed by atoms with Crippen molar-refractivity contribution < 1.29 is 14.7 Å². The number of aryl methyl sites for hydroxylation is 1. The number of nitrogens with one attached hydrogen (secondary N) is 1. The second-order valence-corrected chi connectivity index (χ2v) is 5.60. The first-order valence-electron chi connectivity index (χ1n) is 6.55. The van der Waals surface area contributed by atoms with Gasteiger partial charge in [-0.3, -0.25) is 0 Å². The van der Waals surface area contributed by atoms with Crippen LogP contribution in [0.2, 0.25) is 0 Å². The predicted octanol–water partition coefficient (Wildman–Crippen LogP) is 1.92. The first-order valence-corrected chi connectivity index (χ1v) is 7.70. The van der Waals surface area contributed by atoms with E-state index >= 15 is 0 Å². The average Bonchev–Trinajstić information content (AvgIpc) is 2.94. The minimum Gasteiger partial charge on any atom is -0.480 e. The van der Waals surface area contributed by atoms with Gasteiger partial charge in [0.1, 0.15) is 6.04 Å². The van der Waals surface area contributed by atoms with E-state index in [1.807, 2.05) is 24.3 Å². The first kappa shape index (κ1) is 14.7. The van der Waals surface area contributed by atoms with Crippen LogP contribution < -0.4 is 5.32 Å². The smallest absolute Gasteiger partial charge is 0.327 e. The monoisotopic (exact) mass is 294 g/mol. The van der Waals surface area contributed by atoms with Crippen LogP contribution >= 0.6 is 11.8 Å². The van der Waals surface area contributed by atoms with Gasteiger partial charge in [-0.1, -0.05) is 31.2 Å². The SMILES string of the molecule is CCc1ccccc1CNC(=O)N1CSCC1C(=O)O. The molecule has 5 nitrogen and oxygen atoms in total. The third kappa shape index (κ3) is 3.25. The van der Waals surface area contributed by atoms with Gasteiger partial charge in [0.2, 0.25) is 0 Å². The molecule has 0 spiro atoms. The van der Waals surface area contributed by atoms with Gasteiger partial charge in [-0.2, -0.15) is 0 Å². The van der Waals surface area contributed by atoms with Crippen LogP contribution in [0.4, 0.5) is 4.79 Å². The lowest BCUT2D eigenvalue weighted by molar-refractivity contribution is -0.140. The van der Waals surface area contributed by atoms with Crippen LogP contribution in [-0.4, -0.2) is 39.7 Å². The maximum absolute atomic E-state index is 12.1. The first-order chi connectivity index (χ1) is 9.63. The highest BCUT2D eigenvalue weighted by Gasteiger charge is 2.34. The molecule has 0 bridgehead atoms. The van der Waals surface area contributed by atoms with Gasteiger partial charge in [0, 0.05) is 12.3 Å². The fourth-order valence-electron chi connectivity index (χ4n) is 2.19. The number of carbonyl (C=O) groups excluding carboxylic acids is 1. The number of hydrogen-bond donors (Lipinski definition) is 2. The second kappa shape index (κ2) is 6.65. The molecule has 1 aromatic carbocycles. The molecule has 1 fully saturated rings. The van der Waals surface area contributed by atoms with Crippen LogP contribution in [0.5, 0.6) is 0 Å². The standard InChI is InChI=1S/C14H18N2O3S/c1-2-10-5-3-4-6-11(10)7-15-14(19)16-9-20-8-12(16)13(17)18/h3-6,12H,2,7-9H2,1H3,(H,15,19)(H,17,18). The summed E-state index contributed by atoms with van der Waals surface area (Å²) < 4.78 is 0. The van der Waals surface area contributed by atoms with Gasteiger partial charge < -0.3 is 15.3 Å². The van der Waals surface area contributed by atoms with Gasteiger partial charge in [-0.05, 0) is 17.5 Å². The summed E-state index contributed by atoms with van der Waals surface area (Å²) in [5.74, 6) is -0.0638. The van der Waals surface area contributed by atoms with Crippen LogP contribution in [0.15, 0.2) is 24.3 Å². The summed E-state index contributed by atoms with van der Waals surface area (Å²) in [6.45, 7) is 2.49. The summed E-state index contributed by atoms with van der Waals surface area (Å²) in [6, 6.07) is 6.89. The van der Waals surface area contributed by atoms with E-state index in [1.165, 1.54) is 22.2 Å². The molecule has 0 aliphatic carbocycles. The topological polar surface area (TPSA) is 69.6 Å². The molecule has 1 aromatic rings. The Morgan fingerprint density at radius 3 is 2.75 bits per heavy atom. The summed E-state index contributed by atoms with van der Waals surface area (Å²) in [6.07, 6.45) is 0.906. The molecule has 20 heavy (non-hydrogen) atoms. The summed E-state index contributed by atoms with van der Waals surface area (Å²) in [5.41, 5.74) is 2.26. The number of aliphatic carboxylic acids is 1. The lowest BCUT2D eigenvalue weighted by Gasteiger charge is -2.21. The maximum atomic E-state index is 12.1. The van der Waals surface area contributed by atoms with E-state index in [0.717, 1.165) is 12.0 Å². The van der Waals surface area contributed by atoms with Crippen molar-refractivity contribution in [2.24, 2.45) is 0 Å². The predicted molar refractivity (Wildman–Crippen MR) is 78.6 cm³/mol. The number of amides is 2. The number of carboxylic acids is 1. The van der Waals surface area contributed by atoms with E-state index < -0.39 is 12.0 Å². The van der Waals surface area contributed by atoms with Crippen molar-refractivity contribution in [1.82, 2.24) is 10.2 Å². The normalized spacial score (nSPS) is 18.1. The Balaban J connectivity index is 1.97. The number of carboxylic acid groups (broad SMARTS) is 1. The number of urea groups is 1. The molecule has 2 rings (SSSR count). The van der Waals surface area contributed by atoms with E-state index in [2.05, 4.69) is 12.2 Å². The zero-order chi connectivity index (χ0) is 14.5. The molecule has 2 amide bonds. The molecule has 0 saturated carbocycles. The Labute approximate surface area is 122 Å². The molecule has 2 N–H and O–H groups in total. The molecule has 1 unspecified atom stereocenters. The van der Waals surface area contributed by atoms with Gasteiger partial charge in [-0.25, -0.2) is 9.59 Å². The number of nitrogens with zero attached hydrogens (tertiary/aromatic N) is 1. The molecule has 1 saturated heterocycles. The molecule has 1 aliphatic rings. The third-order valence-corrected chi connectivity index (χ3v) is 4.37. The number of rotatable bonds is 4. The highest BCUT2D eigenvalue weighted by Crippen LogP contribution is 2.21.